The van der Waals surface area contributed by atoms with Gasteiger partial charge in [-0.05, 0) is 37.1 Å². The van der Waals surface area contributed by atoms with Crippen LogP contribution in [-0.2, 0) is 9.53 Å². The summed E-state index contributed by atoms with van der Waals surface area (Å²) in [4.78, 5) is 31.4. The summed E-state index contributed by atoms with van der Waals surface area (Å²) in [5.41, 5.74) is 2.69. The topological polar surface area (TPSA) is 59.5 Å². The molecule has 1 amide bonds. The van der Waals surface area contributed by atoms with E-state index in [4.69, 9.17) is 4.74 Å². The summed E-state index contributed by atoms with van der Waals surface area (Å²) in [5, 5.41) is 0.708. The number of esters is 1. The molecule has 0 atom stereocenters. The fraction of sp³-hybridized carbons (Fsp3) is 0.227. The molecule has 28 heavy (non-hydrogen) atoms. The number of rotatable bonds is 4. The molecule has 2 heterocycles. The number of hydrogen-bond donors (Lipinski definition) is 0. The van der Waals surface area contributed by atoms with E-state index in [2.05, 4.69) is 20.9 Å². The van der Waals surface area contributed by atoms with Crippen molar-refractivity contribution in [3.05, 3.63) is 64.6 Å². The second kappa shape index (κ2) is 8.10. The Kier molecular flexibility index (Phi) is 5.39. The summed E-state index contributed by atoms with van der Waals surface area (Å²) in [6, 6.07) is 16.9. The van der Waals surface area contributed by atoms with E-state index >= 15 is 0 Å². The molecule has 2 aromatic carbocycles. The minimum absolute atomic E-state index is 0.142. The van der Waals surface area contributed by atoms with E-state index in [9.17, 15) is 9.59 Å². The molecule has 142 valence electrons. The quantitative estimate of drug-likeness (QED) is 0.564. The Balaban J connectivity index is 1.64. The maximum atomic E-state index is 12.8. The van der Waals surface area contributed by atoms with E-state index in [1.807, 2.05) is 48.5 Å². The number of amides is 1. The first kappa shape index (κ1) is 18.6. The highest BCUT2D eigenvalue weighted by Crippen LogP contribution is 2.27. The lowest BCUT2D eigenvalue weighted by Gasteiger charge is -2.15. The molecule has 0 aliphatic carbocycles. The molecule has 6 heteroatoms. The zero-order chi connectivity index (χ0) is 19.5. The minimum Gasteiger partial charge on any atom is -0.452 e. The second-order valence-electron chi connectivity index (χ2n) is 6.75. The van der Waals surface area contributed by atoms with Crippen LogP contribution in [0.4, 0.5) is 0 Å². The fourth-order valence-corrected chi connectivity index (χ4v) is 3.80. The molecule has 0 spiro atoms. The van der Waals surface area contributed by atoms with Gasteiger partial charge in [0.15, 0.2) is 6.61 Å². The molecule has 4 rings (SSSR count). The van der Waals surface area contributed by atoms with Crippen molar-refractivity contribution in [3.8, 4) is 11.3 Å². The Morgan fingerprint density at radius 2 is 1.82 bits per heavy atom. The van der Waals surface area contributed by atoms with Gasteiger partial charge in [-0.2, -0.15) is 0 Å². The Morgan fingerprint density at radius 3 is 2.61 bits per heavy atom. The van der Waals surface area contributed by atoms with Crippen LogP contribution in [0.5, 0.6) is 0 Å². The zero-order valence-corrected chi connectivity index (χ0v) is 16.8. The van der Waals surface area contributed by atoms with Crippen LogP contribution in [0.15, 0.2) is 59.1 Å². The second-order valence-corrected chi connectivity index (χ2v) is 7.66. The highest BCUT2D eigenvalue weighted by atomic mass is 79.9. The third-order valence-corrected chi connectivity index (χ3v) is 5.34. The molecule has 5 nitrogen and oxygen atoms in total. The third-order valence-electron chi connectivity index (χ3n) is 4.84. The molecule has 0 N–H and O–H groups in total. The molecule has 1 aliphatic rings. The van der Waals surface area contributed by atoms with Crippen molar-refractivity contribution in [1.29, 1.82) is 0 Å². The summed E-state index contributed by atoms with van der Waals surface area (Å²) in [6.07, 6.45) is 2.01. The van der Waals surface area contributed by atoms with Gasteiger partial charge in [0.2, 0.25) is 0 Å². The number of benzene rings is 2. The molecule has 0 unspecified atom stereocenters. The number of nitrogens with zero attached hydrogens (tertiary/aromatic N) is 2. The first-order chi connectivity index (χ1) is 13.6. The van der Waals surface area contributed by atoms with Crippen LogP contribution in [-0.4, -0.2) is 41.5 Å². The molecule has 3 aromatic rings. The van der Waals surface area contributed by atoms with Crippen molar-refractivity contribution in [2.75, 3.05) is 19.7 Å². The molecule has 0 bridgehead atoms. The number of aromatic nitrogens is 1. The van der Waals surface area contributed by atoms with Gasteiger partial charge in [-0.3, -0.25) is 4.79 Å². The Hall–Kier alpha value is -2.73. The zero-order valence-electron chi connectivity index (χ0n) is 15.2. The normalized spacial score (nSPS) is 13.7. The van der Waals surface area contributed by atoms with E-state index in [1.165, 1.54) is 0 Å². The number of pyridine rings is 1. The molecule has 1 fully saturated rings. The van der Waals surface area contributed by atoms with Gasteiger partial charge in [0.05, 0.1) is 16.8 Å². The average molecular weight is 439 g/mol. The smallest absolute Gasteiger partial charge is 0.339 e. The Labute approximate surface area is 171 Å². The van der Waals surface area contributed by atoms with Crippen LogP contribution in [0.2, 0.25) is 0 Å². The largest absolute Gasteiger partial charge is 0.452 e. The van der Waals surface area contributed by atoms with E-state index < -0.39 is 5.97 Å². The maximum Gasteiger partial charge on any atom is 0.339 e. The summed E-state index contributed by atoms with van der Waals surface area (Å²) in [6.45, 7) is 1.24. The number of fused-ring (bicyclic) bond motifs is 1. The van der Waals surface area contributed by atoms with Crippen LogP contribution in [0.25, 0.3) is 22.2 Å². The van der Waals surface area contributed by atoms with Crippen molar-refractivity contribution >= 4 is 38.7 Å². The summed E-state index contributed by atoms with van der Waals surface area (Å²) >= 11 is 3.47. The van der Waals surface area contributed by atoms with Gasteiger partial charge in [0, 0.05) is 28.5 Å². The molecular formula is C22H19BrN2O3. The number of hydrogen-bond acceptors (Lipinski definition) is 4. The average Bonchev–Trinajstić information content (AvgIpc) is 3.26. The third kappa shape index (κ3) is 3.92. The molecule has 0 saturated carbocycles. The van der Waals surface area contributed by atoms with Crippen LogP contribution >= 0.6 is 15.9 Å². The van der Waals surface area contributed by atoms with E-state index in [0.717, 1.165) is 36.0 Å². The lowest BCUT2D eigenvalue weighted by molar-refractivity contribution is -0.133. The van der Waals surface area contributed by atoms with Crippen molar-refractivity contribution in [1.82, 2.24) is 9.88 Å². The Morgan fingerprint density at radius 1 is 1.04 bits per heavy atom. The van der Waals surface area contributed by atoms with Crippen molar-refractivity contribution in [2.45, 2.75) is 12.8 Å². The number of para-hydroxylation sites is 1. The van der Waals surface area contributed by atoms with Crippen molar-refractivity contribution in [3.63, 3.8) is 0 Å². The highest BCUT2D eigenvalue weighted by Gasteiger charge is 2.21. The van der Waals surface area contributed by atoms with Crippen molar-refractivity contribution in [2.24, 2.45) is 0 Å². The molecule has 0 radical (unpaired) electrons. The van der Waals surface area contributed by atoms with Gasteiger partial charge in [0.1, 0.15) is 0 Å². The first-order valence-corrected chi connectivity index (χ1v) is 10.0. The van der Waals surface area contributed by atoms with Gasteiger partial charge in [-0.15, -0.1) is 0 Å². The molecular weight excluding hydrogens is 420 g/mol. The molecule has 1 saturated heterocycles. The minimum atomic E-state index is -0.512. The van der Waals surface area contributed by atoms with Crippen LogP contribution < -0.4 is 0 Å². The maximum absolute atomic E-state index is 12.8. The number of halogens is 1. The van der Waals surface area contributed by atoms with E-state index in [1.54, 1.807) is 11.0 Å². The van der Waals surface area contributed by atoms with E-state index in [0.29, 0.717) is 22.2 Å². The lowest BCUT2D eigenvalue weighted by Crippen LogP contribution is -2.32. The predicted molar refractivity (Wildman–Crippen MR) is 111 cm³/mol. The van der Waals surface area contributed by atoms with Gasteiger partial charge < -0.3 is 9.64 Å². The van der Waals surface area contributed by atoms with Crippen LogP contribution in [0.1, 0.15) is 23.2 Å². The van der Waals surface area contributed by atoms with Gasteiger partial charge in [-0.25, -0.2) is 9.78 Å². The lowest BCUT2D eigenvalue weighted by atomic mass is 10.0. The van der Waals surface area contributed by atoms with Gasteiger partial charge in [0.25, 0.3) is 5.91 Å². The van der Waals surface area contributed by atoms with Crippen LogP contribution in [0.3, 0.4) is 0 Å². The number of likely N-dealkylation sites (tertiary alicyclic amines) is 1. The van der Waals surface area contributed by atoms with Gasteiger partial charge >= 0.3 is 5.97 Å². The highest BCUT2D eigenvalue weighted by molar-refractivity contribution is 9.10. The molecule has 1 aromatic heterocycles. The standard InChI is InChI=1S/C22H19BrN2O3/c23-16-7-5-6-15(12-16)20-13-18(17-8-1-2-9-19(17)24-20)22(27)28-14-21(26)25-10-3-4-11-25/h1-2,5-9,12-13H,3-4,10-11,14H2. The van der Waals surface area contributed by atoms with E-state index in [-0.39, 0.29) is 12.5 Å². The SMILES string of the molecule is O=C(OCC(=O)N1CCCC1)c1cc(-c2cccc(Br)c2)nc2ccccc12. The van der Waals surface area contributed by atoms with Gasteiger partial charge in [-0.1, -0.05) is 46.3 Å². The predicted octanol–water partition coefficient (Wildman–Crippen LogP) is 4.44. The van der Waals surface area contributed by atoms with Crippen LogP contribution in [0, 0.1) is 0 Å². The first-order valence-electron chi connectivity index (χ1n) is 9.22. The Bertz CT molecular complexity index is 1040. The number of carbonyl (C=O) groups excluding carboxylic acids is 2. The summed E-state index contributed by atoms with van der Waals surface area (Å²) in [5.74, 6) is -0.654. The summed E-state index contributed by atoms with van der Waals surface area (Å²) < 4.78 is 6.29. The number of carbonyl (C=O) groups is 2. The number of ether oxygens (including phenoxy) is 1. The fourth-order valence-electron chi connectivity index (χ4n) is 3.40. The monoisotopic (exact) mass is 438 g/mol. The summed E-state index contributed by atoms with van der Waals surface area (Å²) in [7, 11) is 0. The molecule has 1 aliphatic heterocycles. The van der Waals surface area contributed by atoms with Crippen molar-refractivity contribution < 1.29 is 14.3 Å².